The van der Waals surface area contributed by atoms with Gasteiger partial charge in [-0.15, -0.1) is 0 Å². The van der Waals surface area contributed by atoms with Crippen molar-refractivity contribution in [2.24, 2.45) is 0 Å². The Labute approximate surface area is 190 Å². The number of nitrogens with one attached hydrogen (secondary N) is 4. The highest BCUT2D eigenvalue weighted by molar-refractivity contribution is 6.04. The summed E-state index contributed by atoms with van der Waals surface area (Å²) in [4.78, 5) is 43.7. The van der Waals surface area contributed by atoms with Gasteiger partial charge in [0.2, 0.25) is 5.91 Å². The Balaban J connectivity index is 1.38. The van der Waals surface area contributed by atoms with E-state index in [1.807, 2.05) is 61.3 Å². The minimum atomic E-state index is -0.288. The van der Waals surface area contributed by atoms with Gasteiger partial charge in [0.15, 0.2) is 0 Å². The second-order valence-electron chi connectivity index (χ2n) is 7.92. The van der Waals surface area contributed by atoms with Gasteiger partial charge in [0.05, 0.1) is 17.6 Å². The van der Waals surface area contributed by atoms with Crippen LogP contribution in [-0.4, -0.2) is 40.3 Å². The molecule has 0 aliphatic heterocycles. The summed E-state index contributed by atoms with van der Waals surface area (Å²) in [5.74, 6) is -0.344. The number of hydrogen-bond donors (Lipinski definition) is 4. The smallest absolute Gasteiger partial charge is 0.323 e. The number of aromatic nitrogens is 2. The molecule has 4 rings (SSSR count). The van der Waals surface area contributed by atoms with Crippen LogP contribution in [0.3, 0.4) is 0 Å². The first-order chi connectivity index (χ1) is 15.9. The number of benzene rings is 3. The third-order valence-electron chi connectivity index (χ3n) is 5.52. The zero-order chi connectivity index (χ0) is 23.4. The molecule has 1 heterocycles. The van der Waals surface area contributed by atoms with Crippen LogP contribution in [0.2, 0.25) is 0 Å². The van der Waals surface area contributed by atoms with Crippen molar-refractivity contribution in [2.45, 2.75) is 13.0 Å². The predicted octanol–water partition coefficient (Wildman–Crippen LogP) is 3.74. The Hall–Kier alpha value is -4.17. The lowest BCUT2D eigenvalue weighted by Gasteiger charge is -2.25. The van der Waals surface area contributed by atoms with Gasteiger partial charge in [-0.1, -0.05) is 30.3 Å². The van der Waals surface area contributed by atoms with Crippen LogP contribution in [0.1, 0.15) is 28.9 Å². The average Bonchev–Trinajstić information content (AvgIpc) is 3.18. The number of fused-ring (bicyclic) bond motifs is 1. The first-order valence-electron chi connectivity index (χ1n) is 10.6. The molecule has 2 amide bonds. The van der Waals surface area contributed by atoms with Crippen LogP contribution in [0.5, 0.6) is 0 Å². The molecular weight excluding hydrogens is 418 g/mol. The zero-order valence-corrected chi connectivity index (χ0v) is 18.4. The number of aromatic amines is 2. The van der Waals surface area contributed by atoms with Gasteiger partial charge in [-0.25, -0.2) is 4.79 Å². The number of H-pyrrole nitrogens is 2. The Bertz CT molecular complexity index is 1340. The molecule has 4 N–H and O–H groups in total. The van der Waals surface area contributed by atoms with E-state index >= 15 is 0 Å². The first-order valence-corrected chi connectivity index (χ1v) is 10.6. The predicted molar refractivity (Wildman–Crippen MR) is 129 cm³/mol. The number of rotatable bonds is 7. The van der Waals surface area contributed by atoms with E-state index in [1.54, 1.807) is 30.3 Å². The van der Waals surface area contributed by atoms with Crippen molar-refractivity contribution in [3.63, 3.8) is 0 Å². The van der Waals surface area contributed by atoms with Gasteiger partial charge >= 0.3 is 5.69 Å². The molecular formula is C25H25N5O3. The van der Waals surface area contributed by atoms with Gasteiger partial charge in [0, 0.05) is 23.0 Å². The molecule has 1 unspecified atom stereocenters. The van der Waals surface area contributed by atoms with Crippen molar-refractivity contribution in [1.82, 2.24) is 14.9 Å². The summed E-state index contributed by atoms with van der Waals surface area (Å²) in [5, 5.41) is 5.78. The SMILES string of the molecule is CC(c1cccc(NC(=O)c2ccccc2)c1)N(C)CC(=O)Nc1ccc2[nH]c(=O)[nH]c2c1. The Morgan fingerprint density at radius 3 is 2.39 bits per heavy atom. The van der Waals surface area contributed by atoms with Crippen LogP contribution in [-0.2, 0) is 4.79 Å². The molecule has 33 heavy (non-hydrogen) atoms. The van der Waals surface area contributed by atoms with E-state index in [0.717, 1.165) is 5.56 Å². The van der Waals surface area contributed by atoms with Crippen LogP contribution >= 0.6 is 0 Å². The number of nitrogens with zero attached hydrogens (tertiary/aromatic N) is 1. The highest BCUT2D eigenvalue weighted by Crippen LogP contribution is 2.22. The number of hydrogen-bond acceptors (Lipinski definition) is 4. The van der Waals surface area contributed by atoms with Crippen molar-refractivity contribution in [1.29, 1.82) is 0 Å². The second-order valence-corrected chi connectivity index (χ2v) is 7.92. The van der Waals surface area contributed by atoms with Gasteiger partial charge in [0.25, 0.3) is 5.91 Å². The monoisotopic (exact) mass is 443 g/mol. The number of carbonyl (C=O) groups is 2. The normalized spacial score (nSPS) is 12.0. The fourth-order valence-electron chi connectivity index (χ4n) is 3.60. The minimum Gasteiger partial charge on any atom is -0.325 e. The van der Waals surface area contributed by atoms with Gasteiger partial charge in [-0.3, -0.25) is 14.5 Å². The van der Waals surface area contributed by atoms with Gasteiger partial charge in [0.1, 0.15) is 0 Å². The zero-order valence-electron chi connectivity index (χ0n) is 18.4. The van der Waals surface area contributed by atoms with Crippen molar-refractivity contribution < 1.29 is 9.59 Å². The van der Waals surface area contributed by atoms with Crippen molar-refractivity contribution >= 4 is 34.2 Å². The summed E-state index contributed by atoms with van der Waals surface area (Å²) < 4.78 is 0. The van der Waals surface area contributed by atoms with Crippen molar-refractivity contribution in [3.8, 4) is 0 Å². The van der Waals surface area contributed by atoms with E-state index in [1.165, 1.54) is 0 Å². The molecule has 8 heteroatoms. The Morgan fingerprint density at radius 2 is 1.61 bits per heavy atom. The number of imidazole rings is 1. The molecule has 4 aromatic rings. The maximum absolute atomic E-state index is 12.6. The molecule has 0 aliphatic carbocycles. The lowest BCUT2D eigenvalue weighted by Crippen LogP contribution is -2.32. The van der Waals surface area contributed by atoms with E-state index in [-0.39, 0.29) is 30.1 Å². The van der Waals surface area contributed by atoms with Crippen molar-refractivity contribution in [2.75, 3.05) is 24.2 Å². The molecule has 0 bridgehead atoms. The van der Waals surface area contributed by atoms with E-state index in [4.69, 9.17) is 0 Å². The lowest BCUT2D eigenvalue weighted by atomic mass is 10.1. The van der Waals surface area contributed by atoms with Crippen LogP contribution in [0.15, 0.2) is 77.6 Å². The van der Waals surface area contributed by atoms with E-state index in [0.29, 0.717) is 28.0 Å². The van der Waals surface area contributed by atoms with Gasteiger partial charge < -0.3 is 20.6 Å². The number of carbonyl (C=O) groups excluding carboxylic acids is 2. The highest BCUT2D eigenvalue weighted by Gasteiger charge is 2.16. The summed E-state index contributed by atoms with van der Waals surface area (Å²) in [6, 6.07) is 21.8. The largest absolute Gasteiger partial charge is 0.325 e. The summed E-state index contributed by atoms with van der Waals surface area (Å²) >= 11 is 0. The van der Waals surface area contributed by atoms with Crippen LogP contribution < -0.4 is 16.3 Å². The average molecular weight is 444 g/mol. The molecule has 168 valence electrons. The molecule has 0 fully saturated rings. The summed E-state index contributed by atoms with van der Waals surface area (Å²) in [6.07, 6.45) is 0. The molecule has 0 saturated carbocycles. The second kappa shape index (κ2) is 9.54. The summed E-state index contributed by atoms with van der Waals surface area (Å²) in [6.45, 7) is 2.17. The molecule has 1 aromatic heterocycles. The highest BCUT2D eigenvalue weighted by atomic mass is 16.2. The number of likely N-dealkylation sites (N-methyl/N-ethyl adjacent to an activating group) is 1. The summed E-state index contributed by atoms with van der Waals surface area (Å²) in [7, 11) is 1.87. The first kappa shape index (κ1) is 22.0. The standard InChI is InChI=1S/C25H25N5O3/c1-16(18-9-6-10-19(13-18)27-24(32)17-7-4-3-5-8-17)30(2)15-23(31)26-20-11-12-21-22(14-20)29-25(33)28-21/h3-14,16H,15H2,1-2H3,(H,26,31)(H,27,32)(H2,28,29,33). The molecule has 0 spiro atoms. The van der Waals surface area contributed by atoms with Crippen LogP contribution in [0, 0.1) is 0 Å². The van der Waals surface area contributed by atoms with Crippen LogP contribution in [0.4, 0.5) is 11.4 Å². The fraction of sp³-hybridized carbons (Fsp3) is 0.160. The van der Waals surface area contributed by atoms with Crippen LogP contribution in [0.25, 0.3) is 11.0 Å². The minimum absolute atomic E-state index is 0.0622. The van der Waals surface area contributed by atoms with Gasteiger partial charge in [-0.05, 0) is 62.0 Å². The molecule has 8 nitrogen and oxygen atoms in total. The van der Waals surface area contributed by atoms with E-state index < -0.39 is 0 Å². The number of amides is 2. The number of anilines is 2. The molecule has 0 saturated heterocycles. The molecule has 1 atom stereocenters. The molecule has 0 aliphatic rings. The van der Waals surface area contributed by atoms with E-state index in [9.17, 15) is 14.4 Å². The van der Waals surface area contributed by atoms with Gasteiger partial charge in [-0.2, -0.15) is 0 Å². The van der Waals surface area contributed by atoms with Crippen molar-refractivity contribution in [3.05, 3.63) is 94.4 Å². The Morgan fingerprint density at radius 1 is 0.879 bits per heavy atom. The molecule has 0 radical (unpaired) electrons. The van der Waals surface area contributed by atoms with E-state index in [2.05, 4.69) is 20.6 Å². The third-order valence-corrected chi connectivity index (χ3v) is 5.52. The fourth-order valence-corrected chi connectivity index (χ4v) is 3.60. The third kappa shape index (κ3) is 5.36. The maximum atomic E-state index is 12.6. The Kier molecular flexibility index (Phi) is 6.37. The quantitative estimate of drug-likeness (QED) is 0.349. The topological polar surface area (TPSA) is 110 Å². The lowest BCUT2D eigenvalue weighted by molar-refractivity contribution is -0.117. The maximum Gasteiger partial charge on any atom is 0.323 e. The summed E-state index contributed by atoms with van der Waals surface area (Å²) in [5.41, 5.74) is 3.89. The molecule has 3 aromatic carbocycles.